The van der Waals surface area contributed by atoms with Gasteiger partial charge in [0.2, 0.25) is 0 Å². The standard InChI is InChI=1S/C17H22N2O2/c1-2-8-18(7-1)12-14-5-6-16-17(14)21-11-9-19(16)13-15-4-3-10-20-15/h1-4,7-8,10,14,16-17H,5-6,9,11-13H2/t14-,16-,17+/m0/s1. The van der Waals surface area contributed by atoms with Crippen molar-refractivity contribution < 1.29 is 9.15 Å². The Balaban J connectivity index is 1.44. The first-order valence-electron chi connectivity index (χ1n) is 7.89. The van der Waals surface area contributed by atoms with Gasteiger partial charge < -0.3 is 13.7 Å². The normalized spacial score (nSPS) is 29.6. The van der Waals surface area contributed by atoms with Gasteiger partial charge in [-0.25, -0.2) is 0 Å². The van der Waals surface area contributed by atoms with Gasteiger partial charge in [-0.1, -0.05) is 0 Å². The van der Waals surface area contributed by atoms with Gasteiger partial charge in [-0.15, -0.1) is 0 Å². The molecule has 3 atom stereocenters. The zero-order valence-electron chi connectivity index (χ0n) is 12.2. The minimum Gasteiger partial charge on any atom is -0.468 e. The number of nitrogens with zero attached hydrogens (tertiary/aromatic N) is 2. The van der Waals surface area contributed by atoms with Crippen molar-refractivity contribution in [3.63, 3.8) is 0 Å². The number of rotatable bonds is 4. The largest absolute Gasteiger partial charge is 0.468 e. The second-order valence-electron chi connectivity index (χ2n) is 6.17. The van der Waals surface area contributed by atoms with Crippen molar-refractivity contribution in [2.75, 3.05) is 13.2 Å². The van der Waals surface area contributed by atoms with Gasteiger partial charge in [0.05, 0.1) is 25.5 Å². The Morgan fingerprint density at radius 3 is 2.86 bits per heavy atom. The van der Waals surface area contributed by atoms with Crippen molar-refractivity contribution in [1.82, 2.24) is 9.47 Å². The summed E-state index contributed by atoms with van der Waals surface area (Å²) in [5.41, 5.74) is 0. The average Bonchev–Trinajstić information content (AvgIpc) is 3.22. The van der Waals surface area contributed by atoms with E-state index in [9.17, 15) is 0 Å². The zero-order valence-corrected chi connectivity index (χ0v) is 12.2. The highest BCUT2D eigenvalue weighted by Gasteiger charge is 2.42. The number of aromatic nitrogens is 1. The molecule has 1 aliphatic carbocycles. The lowest BCUT2D eigenvalue weighted by molar-refractivity contribution is -0.0800. The van der Waals surface area contributed by atoms with Crippen LogP contribution in [-0.2, 0) is 17.8 Å². The molecule has 21 heavy (non-hydrogen) atoms. The molecule has 1 saturated carbocycles. The molecular weight excluding hydrogens is 264 g/mol. The third-order valence-electron chi connectivity index (χ3n) is 4.89. The summed E-state index contributed by atoms with van der Waals surface area (Å²) in [6.07, 6.45) is 8.92. The molecule has 2 fully saturated rings. The van der Waals surface area contributed by atoms with E-state index in [1.807, 2.05) is 6.07 Å². The molecule has 2 aromatic heterocycles. The van der Waals surface area contributed by atoms with Crippen LogP contribution in [0.1, 0.15) is 18.6 Å². The minimum atomic E-state index is 0.371. The monoisotopic (exact) mass is 286 g/mol. The molecule has 1 saturated heterocycles. The van der Waals surface area contributed by atoms with Crippen LogP contribution in [0.2, 0.25) is 0 Å². The number of morpholine rings is 1. The first kappa shape index (κ1) is 13.2. The van der Waals surface area contributed by atoms with E-state index >= 15 is 0 Å². The maximum atomic E-state index is 6.13. The van der Waals surface area contributed by atoms with E-state index < -0.39 is 0 Å². The fourth-order valence-electron chi connectivity index (χ4n) is 3.89. The van der Waals surface area contributed by atoms with Crippen molar-refractivity contribution in [3.8, 4) is 0 Å². The summed E-state index contributed by atoms with van der Waals surface area (Å²) in [6.45, 7) is 3.83. The van der Waals surface area contributed by atoms with Crippen molar-refractivity contribution in [2.45, 2.75) is 38.1 Å². The maximum Gasteiger partial charge on any atom is 0.117 e. The van der Waals surface area contributed by atoms with E-state index in [0.717, 1.165) is 32.0 Å². The quantitative estimate of drug-likeness (QED) is 0.866. The molecular formula is C17H22N2O2. The first-order valence-corrected chi connectivity index (χ1v) is 7.89. The van der Waals surface area contributed by atoms with Gasteiger partial charge in [0.1, 0.15) is 5.76 Å². The highest BCUT2D eigenvalue weighted by atomic mass is 16.5. The lowest BCUT2D eigenvalue weighted by Gasteiger charge is -2.39. The molecule has 1 aliphatic heterocycles. The minimum absolute atomic E-state index is 0.371. The molecule has 2 aromatic rings. The van der Waals surface area contributed by atoms with E-state index in [0.29, 0.717) is 18.1 Å². The van der Waals surface area contributed by atoms with Gasteiger partial charge in [-0.2, -0.15) is 0 Å². The summed E-state index contributed by atoms with van der Waals surface area (Å²) in [4.78, 5) is 2.54. The number of ether oxygens (including phenoxy) is 1. The van der Waals surface area contributed by atoms with Crippen LogP contribution in [0.5, 0.6) is 0 Å². The topological polar surface area (TPSA) is 30.5 Å². The molecule has 2 aliphatic rings. The molecule has 0 bridgehead atoms. The number of fused-ring (bicyclic) bond motifs is 1. The molecule has 0 N–H and O–H groups in total. The summed E-state index contributed by atoms with van der Waals surface area (Å²) < 4.78 is 13.9. The summed E-state index contributed by atoms with van der Waals surface area (Å²) in [6, 6.07) is 8.77. The molecule has 112 valence electrons. The predicted octanol–water partition coefficient (Wildman–Crippen LogP) is 2.76. The van der Waals surface area contributed by atoms with Crippen LogP contribution in [0, 0.1) is 5.92 Å². The fourth-order valence-corrected chi connectivity index (χ4v) is 3.89. The van der Waals surface area contributed by atoms with E-state index in [-0.39, 0.29) is 0 Å². The van der Waals surface area contributed by atoms with Gasteiger partial charge in [0.15, 0.2) is 0 Å². The predicted molar refractivity (Wildman–Crippen MR) is 79.8 cm³/mol. The highest BCUT2D eigenvalue weighted by Crippen LogP contribution is 2.36. The van der Waals surface area contributed by atoms with Gasteiger partial charge in [0, 0.05) is 37.4 Å². The lowest BCUT2D eigenvalue weighted by Crippen LogP contribution is -2.50. The third-order valence-corrected chi connectivity index (χ3v) is 4.89. The lowest BCUT2D eigenvalue weighted by atomic mass is 10.0. The van der Waals surface area contributed by atoms with Gasteiger partial charge >= 0.3 is 0 Å². The molecule has 0 unspecified atom stereocenters. The van der Waals surface area contributed by atoms with E-state index in [4.69, 9.17) is 9.15 Å². The van der Waals surface area contributed by atoms with Crippen LogP contribution in [0.15, 0.2) is 47.3 Å². The summed E-state index contributed by atoms with van der Waals surface area (Å²) in [5, 5.41) is 0. The SMILES string of the molecule is c1coc(CN2CCO[C@@H]3[C@H](Cn4cccc4)CC[C@@H]32)c1. The zero-order chi connectivity index (χ0) is 14.1. The van der Waals surface area contributed by atoms with Crippen LogP contribution in [0.3, 0.4) is 0 Å². The molecule has 0 aromatic carbocycles. The molecule has 0 radical (unpaired) electrons. The molecule has 0 spiro atoms. The van der Waals surface area contributed by atoms with Gasteiger partial charge in [-0.05, 0) is 37.1 Å². The van der Waals surface area contributed by atoms with Crippen LogP contribution >= 0.6 is 0 Å². The van der Waals surface area contributed by atoms with Crippen LogP contribution in [0.4, 0.5) is 0 Å². The van der Waals surface area contributed by atoms with Crippen molar-refractivity contribution in [2.24, 2.45) is 5.92 Å². The van der Waals surface area contributed by atoms with Crippen molar-refractivity contribution >= 4 is 0 Å². The van der Waals surface area contributed by atoms with Gasteiger partial charge in [-0.3, -0.25) is 4.90 Å². The second-order valence-corrected chi connectivity index (χ2v) is 6.17. The van der Waals surface area contributed by atoms with Crippen LogP contribution in [0.25, 0.3) is 0 Å². The van der Waals surface area contributed by atoms with Gasteiger partial charge in [0.25, 0.3) is 0 Å². The Bertz CT molecular complexity index is 549. The first-order chi connectivity index (χ1) is 10.4. The van der Waals surface area contributed by atoms with Crippen LogP contribution in [-0.4, -0.2) is 34.8 Å². The number of furan rings is 1. The molecule has 4 nitrogen and oxygen atoms in total. The van der Waals surface area contributed by atoms with Crippen molar-refractivity contribution in [1.29, 1.82) is 0 Å². The Kier molecular flexibility index (Phi) is 3.57. The summed E-state index contributed by atoms with van der Waals surface area (Å²) >= 11 is 0. The molecule has 4 heteroatoms. The molecule has 3 heterocycles. The summed E-state index contributed by atoms with van der Waals surface area (Å²) in [7, 11) is 0. The van der Waals surface area contributed by atoms with E-state index in [1.165, 1.54) is 12.8 Å². The maximum absolute atomic E-state index is 6.13. The Morgan fingerprint density at radius 1 is 1.14 bits per heavy atom. The van der Waals surface area contributed by atoms with E-state index in [2.05, 4.69) is 40.1 Å². The number of hydrogen-bond acceptors (Lipinski definition) is 3. The fraction of sp³-hybridized carbons (Fsp3) is 0.529. The Hall–Kier alpha value is -1.52. The number of hydrogen-bond donors (Lipinski definition) is 0. The van der Waals surface area contributed by atoms with E-state index in [1.54, 1.807) is 6.26 Å². The average molecular weight is 286 g/mol. The molecule has 0 amide bonds. The smallest absolute Gasteiger partial charge is 0.117 e. The Labute approximate surface area is 125 Å². The Morgan fingerprint density at radius 2 is 2.05 bits per heavy atom. The van der Waals surface area contributed by atoms with Crippen LogP contribution < -0.4 is 0 Å². The summed E-state index contributed by atoms with van der Waals surface area (Å²) in [5.74, 6) is 1.69. The molecule has 4 rings (SSSR count). The highest BCUT2D eigenvalue weighted by molar-refractivity contribution is 5.02. The van der Waals surface area contributed by atoms with Crippen molar-refractivity contribution in [3.05, 3.63) is 48.7 Å². The second kappa shape index (κ2) is 5.70. The third kappa shape index (κ3) is 2.65.